The van der Waals surface area contributed by atoms with Gasteiger partial charge in [0, 0.05) is 11.8 Å². The van der Waals surface area contributed by atoms with Crippen LogP contribution in [0.25, 0.3) is 0 Å². The lowest BCUT2D eigenvalue weighted by Gasteiger charge is -2.29. The Morgan fingerprint density at radius 1 is 0.697 bits per heavy atom. The van der Waals surface area contributed by atoms with E-state index < -0.39 is 0 Å². The Labute approximate surface area is 212 Å². The number of alkyl halides is 1. The van der Waals surface area contributed by atoms with Gasteiger partial charge in [-0.05, 0) is 51.4 Å². The minimum absolute atomic E-state index is 0.00316. The first-order valence-corrected chi connectivity index (χ1v) is 15.2. The third kappa shape index (κ3) is 15.9. The molecule has 4 nitrogen and oxygen atoms in total. The number of esters is 2. The average Bonchev–Trinajstić information content (AvgIpc) is 2.81. The van der Waals surface area contributed by atoms with E-state index in [2.05, 4.69) is 29.8 Å². The topological polar surface area (TPSA) is 52.6 Å². The van der Waals surface area contributed by atoms with Crippen LogP contribution in [0.15, 0.2) is 0 Å². The lowest BCUT2D eigenvalue weighted by molar-refractivity contribution is -0.161. The van der Waals surface area contributed by atoms with Crippen LogP contribution in [0.4, 0.5) is 0 Å². The van der Waals surface area contributed by atoms with Gasteiger partial charge in [-0.2, -0.15) is 0 Å². The Morgan fingerprint density at radius 2 is 1.18 bits per heavy atom. The molecule has 0 aromatic rings. The van der Waals surface area contributed by atoms with Crippen molar-refractivity contribution in [1.29, 1.82) is 0 Å². The molecule has 0 amide bonds. The summed E-state index contributed by atoms with van der Waals surface area (Å²) in [6, 6.07) is 0. The maximum absolute atomic E-state index is 13.0. The molecular weight excluding hydrogens is 480 g/mol. The summed E-state index contributed by atoms with van der Waals surface area (Å²) in [5.74, 6) is 0.00601. The van der Waals surface area contributed by atoms with E-state index >= 15 is 0 Å². The highest BCUT2D eigenvalue weighted by atomic mass is 79.9. The smallest absolute Gasteiger partial charge is 0.309 e. The Bertz CT molecular complexity index is 488. The molecule has 1 fully saturated rings. The van der Waals surface area contributed by atoms with Crippen LogP contribution >= 0.6 is 15.9 Å². The van der Waals surface area contributed by atoms with E-state index in [0.717, 1.165) is 76.0 Å². The van der Waals surface area contributed by atoms with Crippen molar-refractivity contribution in [3.63, 3.8) is 0 Å². The number of halogens is 1. The molecule has 0 aromatic heterocycles. The molecule has 1 saturated carbocycles. The molecular formula is C28H51BrO4. The summed E-state index contributed by atoms with van der Waals surface area (Å²) in [6.07, 6.45) is 21.1. The lowest BCUT2D eigenvalue weighted by atomic mass is 9.93. The van der Waals surface area contributed by atoms with Crippen LogP contribution in [0.3, 0.4) is 0 Å². The highest BCUT2D eigenvalue weighted by Crippen LogP contribution is 2.27. The summed E-state index contributed by atoms with van der Waals surface area (Å²) in [7, 11) is 0. The van der Waals surface area contributed by atoms with Gasteiger partial charge in [-0.15, -0.1) is 0 Å². The average molecular weight is 532 g/mol. The molecule has 1 aliphatic rings. The summed E-state index contributed by atoms with van der Waals surface area (Å²) < 4.78 is 11.6. The first kappa shape index (κ1) is 30.5. The molecule has 0 bridgehead atoms. The van der Waals surface area contributed by atoms with Crippen LogP contribution in [-0.2, 0) is 19.1 Å². The van der Waals surface area contributed by atoms with Gasteiger partial charge in [0.2, 0.25) is 0 Å². The molecule has 0 N–H and O–H groups in total. The first-order valence-electron chi connectivity index (χ1n) is 14.1. The van der Waals surface area contributed by atoms with E-state index in [9.17, 15) is 9.59 Å². The molecule has 33 heavy (non-hydrogen) atoms. The molecule has 1 atom stereocenters. The number of carbonyl (C=O) groups excluding carboxylic acids is 2. The van der Waals surface area contributed by atoms with Crippen LogP contribution in [-0.4, -0.2) is 29.5 Å². The van der Waals surface area contributed by atoms with Crippen molar-refractivity contribution in [3.05, 3.63) is 0 Å². The molecule has 0 spiro atoms. The SMILES string of the molecule is CCCCCCCCC(CCCCCC)C(=O)OC1CCC(OC(=O)CCCCCBr)CC1. The van der Waals surface area contributed by atoms with E-state index in [0.29, 0.717) is 6.42 Å². The summed E-state index contributed by atoms with van der Waals surface area (Å²) in [5, 5.41) is 0.989. The number of rotatable bonds is 20. The van der Waals surface area contributed by atoms with Crippen molar-refractivity contribution in [3.8, 4) is 0 Å². The zero-order valence-electron chi connectivity index (χ0n) is 21.6. The fraction of sp³-hybridized carbons (Fsp3) is 0.929. The van der Waals surface area contributed by atoms with E-state index in [1.807, 2.05) is 0 Å². The predicted molar refractivity (Wildman–Crippen MR) is 141 cm³/mol. The number of ether oxygens (including phenoxy) is 2. The van der Waals surface area contributed by atoms with Crippen molar-refractivity contribution >= 4 is 27.9 Å². The van der Waals surface area contributed by atoms with Crippen LogP contribution in [0.5, 0.6) is 0 Å². The third-order valence-corrected chi connectivity index (χ3v) is 7.42. The molecule has 0 aliphatic heterocycles. The van der Waals surface area contributed by atoms with Crippen LogP contribution in [0.2, 0.25) is 0 Å². The fourth-order valence-corrected chi connectivity index (χ4v) is 5.08. The second kappa shape index (κ2) is 20.8. The number of unbranched alkanes of at least 4 members (excludes halogenated alkanes) is 10. The van der Waals surface area contributed by atoms with Gasteiger partial charge < -0.3 is 9.47 Å². The zero-order valence-corrected chi connectivity index (χ0v) is 23.2. The molecule has 0 radical (unpaired) electrons. The second-order valence-electron chi connectivity index (χ2n) is 9.93. The predicted octanol–water partition coefficient (Wildman–Crippen LogP) is 8.68. The number of hydrogen-bond donors (Lipinski definition) is 0. The highest BCUT2D eigenvalue weighted by Gasteiger charge is 2.28. The Hall–Kier alpha value is -0.580. The maximum atomic E-state index is 13.0. The second-order valence-corrected chi connectivity index (χ2v) is 10.7. The summed E-state index contributed by atoms with van der Waals surface area (Å²) >= 11 is 3.42. The van der Waals surface area contributed by atoms with Crippen molar-refractivity contribution < 1.29 is 19.1 Å². The van der Waals surface area contributed by atoms with Gasteiger partial charge in [0.25, 0.3) is 0 Å². The van der Waals surface area contributed by atoms with E-state index in [1.54, 1.807) is 0 Å². The first-order chi connectivity index (χ1) is 16.1. The molecule has 5 heteroatoms. The van der Waals surface area contributed by atoms with Gasteiger partial charge in [-0.3, -0.25) is 9.59 Å². The monoisotopic (exact) mass is 530 g/mol. The van der Waals surface area contributed by atoms with Crippen molar-refractivity contribution in [2.45, 2.75) is 154 Å². The Morgan fingerprint density at radius 3 is 1.76 bits per heavy atom. The molecule has 194 valence electrons. The van der Waals surface area contributed by atoms with E-state index in [1.165, 1.54) is 51.4 Å². The largest absolute Gasteiger partial charge is 0.462 e. The lowest BCUT2D eigenvalue weighted by Crippen LogP contribution is -2.31. The normalized spacial score (nSPS) is 19.2. The molecule has 0 aromatic carbocycles. The molecule has 0 heterocycles. The van der Waals surface area contributed by atoms with Crippen LogP contribution in [0.1, 0.15) is 142 Å². The molecule has 0 saturated heterocycles. The van der Waals surface area contributed by atoms with Crippen molar-refractivity contribution in [2.75, 3.05) is 5.33 Å². The molecule has 1 unspecified atom stereocenters. The maximum Gasteiger partial charge on any atom is 0.309 e. The van der Waals surface area contributed by atoms with E-state index in [4.69, 9.17) is 9.47 Å². The van der Waals surface area contributed by atoms with Crippen LogP contribution in [0, 0.1) is 5.92 Å². The third-order valence-electron chi connectivity index (χ3n) is 6.86. The van der Waals surface area contributed by atoms with Gasteiger partial charge >= 0.3 is 11.9 Å². The minimum Gasteiger partial charge on any atom is -0.462 e. The van der Waals surface area contributed by atoms with E-state index in [-0.39, 0.29) is 30.1 Å². The number of hydrogen-bond acceptors (Lipinski definition) is 4. The summed E-state index contributed by atoms with van der Waals surface area (Å²) in [5.41, 5.74) is 0. The highest BCUT2D eigenvalue weighted by molar-refractivity contribution is 9.09. The van der Waals surface area contributed by atoms with Gasteiger partial charge in [-0.25, -0.2) is 0 Å². The molecule has 1 aliphatic carbocycles. The van der Waals surface area contributed by atoms with Crippen LogP contribution < -0.4 is 0 Å². The summed E-state index contributed by atoms with van der Waals surface area (Å²) in [4.78, 5) is 25.0. The van der Waals surface area contributed by atoms with Gasteiger partial charge in [-0.1, -0.05) is 100 Å². The van der Waals surface area contributed by atoms with Gasteiger partial charge in [0.05, 0.1) is 5.92 Å². The zero-order chi connectivity index (χ0) is 24.2. The molecule has 1 rings (SSSR count). The fourth-order valence-electron chi connectivity index (χ4n) is 4.68. The quantitative estimate of drug-likeness (QED) is 0.0896. The Balaban J connectivity index is 2.33. The van der Waals surface area contributed by atoms with Crippen molar-refractivity contribution in [1.82, 2.24) is 0 Å². The van der Waals surface area contributed by atoms with Gasteiger partial charge in [0.1, 0.15) is 12.2 Å². The summed E-state index contributed by atoms with van der Waals surface area (Å²) in [6.45, 7) is 4.47. The Kier molecular flexibility index (Phi) is 19.2. The standard InChI is InChI=1S/C28H51BrO4/c1-3-5-7-9-10-13-17-24(16-12-8-6-4-2)28(31)33-26-21-19-25(20-22-26)32-27(30)18-14-11-15-23-29/h24-26H,3-23H2,1-2H3. The number of carbonyl (C=O) groups is 2. The van der Waals surface area contributed by atoms with Crippen molar-refractivity contribution in [2.24, 2.45) is 5.92 Å². The minimum atomic E-state index is -0.0731. The van der Waals surface area contributed by atoms with Gasteiger partial charge in [0.15, 0.2) is 0 Å².